The van der Waals surface area contributed by atoms with E-state index in [2.05, 4.69) is 0 Å². The summed E-state index contributed by atoms with van der Waals surface area (Å²) in [6, 6.07) is 7.09. The Bertz CT molecular complexity index is 573. The van der Waals surface area contributed by atoms with Crippen molar-refractivity contribution in [2.75, 3.05) is 12.3 Å². The van der Waals surface area contributed by atoms with Crippen LogP contribution < -0.4 is 0 Å². The fourth-order valence-electron chi connectivity index (χ4n) is 3.50. The van der Waals surface area contributed by atoms with Crippen molar-refractivity contribution in [1.82, 2.24) is 4.90 Å². The Balaban J connectivity index is 1.70. The zero-order valence-corrected chi connectivity index (χ0v) is 13.3. The lowest BCUT2D eigenvalue weighted by atomic mass is 9.92. The topological polar surface area (TPSA) is 57.6 Å². The lowest BCUT2D eigenvalue weighted by Gasteiger charge is -2.43. The van der Waals surface area contributed by atoms with Crippen LogP contribution in [0.3, 0.4) is 0 Å². The summed E-state index contributed by atoms with van der Waals surface area (Å²) in [5.41, 5.74) is 1.03. The van der Waals surface area contributed by atoms with Gasteiger partial charge in [-0.25, -0.2) is 4.79 Å². The van der Waals surface area contributed by atoms with Gasteiger partial charge in [-0.1, -0.05) is 25.0 Å². The highest BCUT2D eigenvalue weighted by Crippen LogP contribution is 2.35. The monoisotopic (exact) mass is 319 g/mol. The van der Waals surface area contributed by atoms with Crippen molar-refractivity contribution in [3.05, 3.63) is 35.4 Å². The number of carbonyl (C=O) groups is 2. The number of fused-ring (bicyclic) bond motifs is 1. The Labute approximate surface area is 134 Å². The highest BCUT2D eigenvalue weighted by molar-refractivity contribution is 8.00. The maximum atomic E-state index is 12.7. The molecule has 2 atom stereocenters. The van der Waals surface area contributed by atoms with Crippen LogP contribution in [-0.4, -0.2) is 45.5 Å². The fraction of sp³-hybridized carbons (Fsp3) is 0.529. The standard InChI is InChI=1S/C17H21NO3S/c19-16(11-12-4-3-5-13(10-12)17(20)21)18-8-9-22-15-7-2-1-6-14(15)18/h3-5,10,14-15H,1-2,6-9,11H2,(H,20,21). The molecule has 2 fully saturated rings. The maximum Gasteiger partial charge on any atom is 0.335 e. The Morgan fingerprint density at radius 3 is 2.91 bits per heavy atom. The maximum absolute atomic E-state index is 12.7. The first-order chi connectivity index (χ1) is 10.6. The third-order valence-corrected chi connectivity index (χ3v) is 5.98. The number of thioether (sulfide) groups is 1. The molecule has 1 aliphatic carbocycles. The summed E-state index contributed by atoms with van der Waals surface area (Å²) >= 11 is 2.01. The number of carboxylic acid groups (broad SMARTS) is 1. The minimum atomic E-state index is -0.948. The quantitative estimate of drug-likeness (QED) is 0.931. The molecule has 1 amide bonds. The van der Waals surface area contributed by atoms with Crippen LogP contribution in [0.5, 0.6) is 0 Å². The average molecular weight is 319 g/mol. The average Bonchev–Trinajstić information content (AvgIpc) is 2.54. The van der Waals surface area contributed by atoms with Crippen molar-refractivity contribution in [3.63, 3.8) is 0 Å². The summed E-state index contributed by atoms with van der Waals surface area (Å²) in [5.74, 6) is 0.206. The van der Waals surface area contributed by atoms with Crippen LogP contribution in [0.15, 0.2) is 24.3 Å². The molecule has 1 saturated heterocycles. The van der Waals surface area contributed by atoms with Crippen molar-refractivity contribution < 1.29 is 14.7 Å². The van der Waals surface area contributed by atoms with Crippen LogP contribution in [0.25, 0.3) is 0 Å². The molecule has 4 nitrogen and oxygen atoms in total. The second-order valence-corrected chi connectivity index (χ2v) is 7.38. The molecule has 2 aliphatic rings. The molecule has 5 heteroatoms. The zero-order chi connectivity index (χ0) is 15.5. The number of amides is 1. The van der Waals surface area contributed by atoms with E-state index in [-0.39, 0.29) is 11.5 Å². The van der Waals surface area contributed by atoms with Crippen molar-refractivity contribution in [2.24, 2.45) is 0 Å². The predicted molar refractivity (Wildman–Crippen MR) is 87.3 cm³/mol. The number of hydrogen-bond acceptors (Lipinski definition) is 3. The second kappa shape index (κ2) is 6.73. The van der Waals surface area contributed by atoms with E-state index < -0.39 is 5.97 Å². The highest BCUT2D eigenvalue weighted by Gasteiger charge is 2.35. The molecular weight excluding hydrogens is 298 g/mol. The number of carboxylic acids is 1. The van der Waals surface area contributed by atoms with Gasteiger partial charge in [-0.3, -0.25) is 4.79 Å². The van der Waals surface area contributed by atoms with Crippen LogP contribution >= 0.6 is 11.8 Å². The third-order valence-electron chi connectivity index (χ3n) is 4.58. The summed E-state index contributed by atoms with van der Waals surface area (Å²) in [5, 5.41) is 9.64. The molecule has 0 radical (unpaired) electrons. The molecule has 1 aromatic rings. The molecular formula is C17H21NO3S. The Morgan fingerprint density at radius 1 is 1.27 bits per heavy atom. The first kappa shape index (κ1) is 15.4. The van der Waals surface area contributed by atoms with E-state index in [1.165, 1.54) is 19.3 Å². The van der Waals surface area contributed by atoms with Gasteiger partial charge in [0.15, 0.2) is 0 Å². The van der Waals surface area contributed by atoms with Gasteiger partial charge in [0, 0.05) is 23.6 Å². The van der Waals surface area contributed by atoms with Gasteiger partial charge in [0.2, 0.25) is 5.91 Å². The molecule has 0 spiro atoms. The largest absolute Gasteiger partial charge is 0.478 e. The minimum Gasteiger partial charge on any atom is -0.478 e. The molecule has 1 saturated carbocycles. The van der Waals surface area contributed by atoms with E-state index in [0.717, 1.165) is 24.3 Å². The molecule has 1 aromatic carbocycles. The minimum absolute atomic E-state index is 0.139. The number of nitrogens with zero attached hydrogens (tertiary/aromatic N) is 1. The van der Waals surface area contributed by atoms with Gasteiger partial charge in [0.1, 0.15) is 0 Å². The van der Waals surface area contributed by atoms with Crippen molar-refractivity contribution >= 4 is 23.6 Å². The van der Waals surface area contributed by atoms with Crippen LogP contribution in [0, 0.1) is 0 Å². The smallest absolute Gasteiger partial charge is 0.335 e. The molecule has 22 heavy (non-hydrogen) atoms. The zero-order valence-electron chi connectivity index (χ0n) is 12.5. The van der Waals surface area contributed by atoms with Crippen LogP contribution in [0.1, 0.15) is 41.6 Å². The molecule has 2 unspecified atom stereocenters. The second-order valence-electron chi connectivity index (χ2n) is 6.03. The van der Waals surface area contributed by atoms with E-state index >= 15 is 0 Å². The third kappa shape index (κ3) is 3.29. The van der Waals surface area contributed by atoms with E-state index in [1.807, 2.05) is 22.7 Å². The molecule has 1 N–H and O–H groups in total. The summed E-state index contributed by atoms with van der Waals surface area (Å²) in [6.07, 6.45) is 5.11. The molecule has 0 aromatic heterocycles. The van der Waals surface area contributed by atoms with Gasteiger partial charge in [-0.05, 0) is 30.5 Å². The highest BCUT2D eigenvalue weighted by atomic mass is 32.2. The summed E-state index contributed by atoms with van der Waals surface area (Å²) in [6.45, 7) is 0.823. The van der Waals surface area contributed by atoms with Crippen molar-refractivity contribution in [2.45, 2.75) is 43.4 Å². The van der Waals surface area contributed by atoms with E-state index in [1.54, 1.807) is 18.2 Å². The number of rotatable bonds is 3. The fourth-order valence-corrected chi connectivity index (χ4v) is 4.94. The first-order valence-corrected chi connectivity index (χ1v) is 8.93. The Morgan fingerprint density at radius 2 is 2.09 bits per heavy atom. The van der Waals surface area contributed by atoms with Crippen LogP contribution in [0.2, 0.25) is 0 Å². The molecule has 3 rings (SSSR count). The normalized spacial score (nSPS) is 24.6. The molecule has 1 aliphatic heterocycles. The number of aromatic carboxylic acids is 1. The SMILES string of the molecule is O=C(O)c1cccc(CC(=O)N2CCSC3CCCCC32)c1. The summed E-state index contributed by atoms with van der Waals surface area (Å²) < 4.78 is 0. The summed E-state index contributed by atoms with van der Waals surface area (Å²) in [4.78, 5) is 25.8. The van der Waals surface area contributed by atoms with E-state index in [9.17, 15) is 9.59 Å². The van der Waals surface area contributed by atoms with Crippen LogP contribution in [0.4, 0.5) is 0 Å². The van der Waals surface area contributed by atoms with Crippen molar-refractivity contribution in [1.29, 1.82) is 0 Å². The van der Waals surface area contributed by atoms with Crippen molar-refractivity contribution in [3.8, 4) is 0 Å². The van der Waals surface area contributed by atoms with Gasteiger partial charge in [0.05, 0.1) is 12.0 Å². The molecule has 1 heterocycles. The summed E-state index contributed by atoms with van der Waals surface area (Å²) in [7, 11) is 0. The lowest BCUT2D eigenvalue weighted by Crippen LogP contribution is -2.52. The van der Waals surface area contributed by atoms with Crippen LogP contribution in [-0.2, 0) is 11.2 Å². The Hall–Kier alpha value is -1.49. The number of hydrogen-bond donors (Lipinski definition) is 1. The number of carbonyl (C=O) groups excluding carboxylic acids is 1. The Kier molecular flexibility index (Phi) is 4.71. The van der Waals surface area contributed by atoms with E-state index in [0.29, 0.717) is 17.7 Å². The number of benzene rings is 1. The first-order valence-electron chi connectivity index (χ1n) is 7.88. The van der Waals surface area contributed by atoms with E-state index in [4.69, 9.17) is 5.11 Å². The van der Waals surface area contributed by atoms with Gasteiger partial charge < -0.3 is 10.0 Å². The molecule has 118 valence electrons. The lowest BCUT2D eigenvalue weighted by molar-refractivity contribution is -0.133. The van der Waals surface area contributed by atoms with Gasteiger partial charge in [-0.15, -0.1) is 0 Å². The van der Waals surface area contributed by atoms with Gasteiger partial charge >= 0.3 is 5.97 Å². The van der Waals surface area contributed by atoms with Gasteiger partial charge in [0.25, 0.3) is 0 Å². The molecule has 0 bridgehead atoms. The van der Waals surface area contributed by atoms with Gasteiger partial charge in [-0.2, -0.15) is 11.8 Å². The predicted octanol–water partition coefficient (Wildman–Crippen LogP) is 2.81.